The van der Waals surface area contributed by atoms with E-state index >= 15 is 0 Å². The van der Waals surface area contributed by atoms with E-state index in [-0.39, 0.29) is 18.1 Å². The minimum absolute atomic E-state index is 0.172. The first-order valence-electron chi connectivity index (χ1n) is 7.84. The fraction of sp³-hybridized carbons (Fsp3) is 0.316. The Balaban J connectivity index is 1.88. The van der Waals surface area contributed by atoms with E-state index in [1.165, 1.54) is 11.6 Å². The number of ether oxygens (including phenoxy) is 1. The number of benzene rings is 2. The zero-order valence-corrected chi connectivity index (χ0v) is 14.0. The average Bonchev–Trinajstić information content (AvgIpc) is 2.53. The van der Waals surface area contributed by atoms with Gasteiger partial charge in [0.25, 0.3) is 5.91 Å². The van der Waals surface area contributed by atoms with Gasteiger partial charge in [-0.25, -0.2) is 8.78 Å². The molecule has 1 atom stereocenters. The largest absolute Gasteiger partial charge is 0.484 e. The maximum absolute atomic E-state index is 13.7. The molecule has 24 heavy (non-hydrogen) atoms. The first kappa shape index (κ1) is 17.9. The SMILES string of the molecule is CC(C)c1ccc(OCC(=O)NC(C)c2ccc(F)cc2F)cc1. The highest BCUT2D eigenvalue weighted by atomic mass is 19.1. The van der Waals surface area contributed by atoms with Crippen molar-refractivity contribution in [1.82, 2.24) is 5.32 Å². The molecule has 0 saturated heterocycles. The molecule has 2 aromatic carbocycles. The third-order valence-electron chi connectivity index (χ3n) is 3.72. The average molecular weight is 333 g/mol. The van der Waals surface area contributed by atoms with Gasteiger partial charge in [0.05, 0.1) is 6.04 Å². The van der Waals surface area contributed by atoms with E-state index in [9.17, 15) is 13.6 Å². The van der Waals surface area contributed by atoms with Crippen LogP contribution in [0.25, 0.3) is 0 Å². The summed E-state index contributed by atoms with van der Waals surface area (Å²) < 4.78 is 32.0. The van der Waals surface area contributed by atoms with Gasteiger partial charge in [-0.3, -0.25) is 4.79 Å². The highest BCUT2D eigenvalue weighted by Crippen LogP contribution is 2.19. The Morgan fingerprint density at radius 2 is 1.75 bits per heavy atom. The molecule has 0 bridgehead atoms. The fourth-order valence-electron chi connectivity index (χ4n) is 2.31. The van der Waals surface area contributed by atoms with Gasteiger partial charge >= 0.3 is 0 Å². The highest BCUT2D eigenvalue weighted by Gasteiger charge is 2.14. The first-order chi connectivity index (χ1) is 11.4. The number of hydrogen-bond acceptors (Lipinski definition) is 2. The van der Waals surface area contributed by atoms with E-state index < -0.39 is 17.7 Å². The summed E-state index contributed by atoms with van der Waals surface area (Å²) in [6, 6.07) is 10.2. The molecular weight excluding hydrogens is 312 g/mol. The molecule has 1 N–H and O–H groups in total. The van der Waals surface area contributed by atoms with E-state index in [0.29, 0.717) is 11.7 Å². The second kappa shape index (κ2) is 7.90. The topological polar surface area (TPSA) is 38.3 Å². The van der Waals surface area contributed by atoms with Gasteiger partial charge in [-0.15, -0.1) is 0 Å². The van der Waals surface area contributed by atoms with Gasteiger partial charge in [0.15, 0.2) is 6.61 Å². The number of rotatable bonds is 6. The van der Waals surface area contributed by atoms with Crippen LogP contribution in [0.3, 0.4) is 0 Å². The first-order valence-corrected chi connectivity index (χ1v) is 7.84. The zero-order chi connectivity index (χ0) is 17.7. The van der Waals surface area contributed by atoms with Gasteiger partial charge in [-0.1, -0.05) is 32.0 Å². The van der Waals surface area contributed by atoms with Gasteiger partial charge in [0.1, 0.15) is 17.4 Å². The highest BCUT2D eigenvalue weighted by molar-refractivity contribution is 5.78. The Morgan fingerprint density at radius 1 is 1.08 bits per heavy atom. The van der Waals surface area contributed by atoms with Crippen molar-refractivity contribution in [3.05, 3.63) is 65.2 Å². The smallest absolute Gasteiger partial charge is 0.258 e. The summed E-state index contributed by atoms with van der Waals surface area (Å²) in [5.41, 5.74) is 1.42. The van der Waals surface area contributed by atoms with Gasteiger partial charge in [-0.2, -0.15) is 0 Å². The lowest BCUT2D eigenvalue weighted by molar-refractivity contribution is -0.123. The van der Waals surface area contributed by atoms with Crippen LogP contribution >= 0.6 is 0 Å². The molecule has 0 heterocycles. The molecule has 3 nitrogen and oxygen atoms in total. The van der Waals surface area contributed by atoms with Crippen LogP contribution in [0.5, 0.6) is 5.75 Å². The number of halogens is 2. The normalized spacial score (nSPS) is 12.1. The van der Waals surface area contributed by atoms with Crippen LogP contribution < -0.4 is 10.1 Å². The predicted octanol–water partition coefficient (Wildman–Crippen LogP) is 4.34. The summed E-state index contributed by atoms with van der Waals surface area (Å²) in [6.07, 6.45) is 0. The van der Waals surface area contributed by atoms with Crippen molar-refractivity contribution < 1.29 is 18.3 Å². The fourth-order valence-corrected chi connectivity index (χ4v) is 2.31. The third-order valence-corrected chi connectivity index (χ3v) is 3.72. The Hall–Kier alpha value is -2.43. The summed E-state index contributed by atoms with van der Waals surface area (Å²) in [5.74, 6) is -0.695. The van der Waals surface area contributed by atoms with Crippen molar-refractivity contribution >= 4 is 5.91 Å². The molecular formula is C19H21F2NO2. The van der Waals surface area contributed by atoms with Crippen molar-refractivity contribution in [2.45, 2.75) is 32.7 Å². The van der Waals surface area contributed by atoms with Crippen LogP contribution in [0.2, 0.25) is 0 Å². The lowest BCUT2D eigenvalue weighted by Crippen LogP contribution is -2.31. The molecule has 2 rings (SSSR count). The third kappa shape index (κ3) is 4.78. The molecule has 1 unspecified atom stereocenters. The maximum atomic E-state index is 13.7. The standard InChI is InChI=1S/C19H21F2NO2/c1-12(2)14-4-7-16(8-5-14)24-11-19(23)22-13(3)17-9-6-15(20)10-18(17)21/h4-10,12-13H,11H2,1-3H3,(H,22,23). The minimum atomic E-state index is -0.687. The molecule has 0 radical (unpaired) electrons. The molecule has 0 aliphatic heterocycles. The Labute approximate surface area is 140 Å². The molecule has 0 aromatic heterocycles. The van der Waals surface area contributed by atoms with Crippen molar-refractivity contribution in [2.75, 3.05) is 6.61 Å². The van der Waals surface area contributed by atoms with Crippen molar-refractivity contribution in [3.63, 3.8) is 0 Å². The van der Waals surface area contributed by atoms with Crippen LogP contribution in [0.4, 0.5) is 8.78 Å². The molecule has 128 valence electrons. The van der Waals surface area contributed by atoms with Crippen LogP contribution in [0.15, 0.2) is 42.5 Å². The number of amides is 1. The van der Waals surface area contributed by atoms with Crippen LogP contribution in [0, 0.1) is 11.6 Å². The monoisotopic (exact) mass is 333 g/mol. The Kier molecular flexibility index (Phi) is 5.90. The number of hydrogen-bond donors (Lipinski definition) is 1. The quantitative estimate of drug-likeness (QED) is 0.854. The summed E-state index contributed by atoms with van der Waals surface area (Å²) in [4.78, 5) is 11.9. The van der Waals surface area contributed by atoms with Gasteiger partial charge < -0.3 is 10.1 Å². The summed E-state index contributed by atoms with van der Waals surface area (Å²) >= 11 is 0. The summed E-state index contributed by atoms with van der Waals surface area (Å²) in [7, 11) is 0. The van der Waals surface area contributed by atoms with E-state index in [0.717, 1.165) is 12.1 Å². The molecule has 0 aliphatic rings. The van der Waals surface area contributed by atoms with E-state index in [4.69, 9.17) is 4.74 Å². The summed E-state index contributed by atoms with van der Waals surface area (Å²) in [5, 5.41) is 2.63. The second-order valence-corrected chi connectivity index (χ2v) is 5.97. The van der Waals surface area contributed by atoms with Crippen molar-refractivity contribution in [1.29, 1.82) is 0 Å². The molecule has 1 amide bonds. The molecule has 5 heteroatoms. The summed E-state index contributed by atoms with van der Waals surface area (Å²) in [6.45, 7) is 5.65. The van der Waals surface area contributed by atoms with Crippen molar-refractivity contribution in [2.24, 2.45) is 0 Å². The predicted molar refractivity (Wildman–Crippen MR) is 88.9 cm³/mol. The molecule has 0 saturated carbocycles. The van der Waals surface area contributed by atoms with E-state index in [1.54, 1.807) is 6.92 Å². The molecule has 0 spiro atoms. The second-order valence-electron chi connectivity index (χ2n) is 5.97. The van der Waals surface area contributed by atoms with Crippen LogP contribution in [-0.2, 0) is 4.79 Å². The zero-order valence-electron chi connectivity index (χ0n) is 14.0. The van der Waals surface area contributed by atoms with Crippen molar-refractivity contribution in [3.8, 4) is 5.75 Å². The van der Waals surface area contributed by atoms with Crippen LogP contribution in [0.1, 0.15) is 43.9 Å². The van der Waals surface area contributed by atoms with Gasteiger partial charge in [-0.05, 0) is 36.6 Å². The molecule has 2 aromatic rings. The van der Waals surface area contributed by atoms with E-state index in [2.05, 4.69) is 19.2 Å². The Bertz CT molecular complexity index is 699. The van der Waals surface area contributed by atoms with E-state index in [1.807, 2.05) is 24.3 Å². The lowest BCUT2D eigenvalue weighted by Gasteiger charge is -2.15. The van der Waals surface area contributed by atoms with Crippen LogP contribution in [-0.4, -0.2) is 12.5 Å². The molecule has 0 aliphatic carbocycles. The number of nitrogens with one attached hydrogen (secondary N) is 1. The number of carbonyl (C=O) groups excluding carboxylic acids is 1. The van der Waals surface area contributed by atoms with Gasteiger partial charge in [0, 0.05) is 11.6 Å². The molecule has 0 fully saturated rings. The maximum Gasteiger partial charge on any atom is 0.258 e. The van der Waals surface area contributed by atoms with Gasteiger partial charge in [0.2, 0.25) is 0 Å². The number of carbonyl (C=O) groups is 1. The minimum Gasteiger partial charge on any atom is -0.484 e. The Morgan fingerprint density at radius 3 is 2.33 bits per heavy atom. The lowest BCUT2D eigenvalue weighted by atomic mass is 10.0.